The highest BCUT2D eigenvalue weighted by Crippen LogP contribution is 2.37. The Hall–Kier alpha value is -1.02. The van der Waals surface area contributed by atoms with Gasteiger partial charge in [0.25, 0.3) is 0 Å². The second-order valence-corrected chi connectivity index (χ2v) is 6.78. The number of nitrogens with zero attached hydrogens (tertiary/aromatic N) is 2. The summed E-state index contributed by atoms with van der Waals surface area (Å²) in [5.41, 5.74) is -0.565. The maximum absolute atomic E-state index is 12.2. The zero-order valence-electron chi connectivity index (χ0n) is 11.4. The molecule has 1 amide bonds. The normalized spacial score (nSPS) is 26.2. The standard InChI is InChI=1S/C14H20N2O2S/c1-11(17)19-9-12-7-13(18)16(8-12)14(10-15)5-3-2-4-6-14/h12H,2-9H2,1H3. The van der Waals surface area contributed by atoms with Gasteiger partial charge in [0, 0.05) is 25.6 Å². The molecule has 0 aromatic rings. The maximum Gasteiger partial charge on any atom is 0.224 e. The summed E-state index contributed by atoms with van der Waals surface area (Å²) in [6.07, 6.45) is 5.33. The molecule has 1 atom stereocenters. The minimum atomic E-state index is -0.565. The summed E-state index contributed by atoms with van der Waals surface area (Å²) >= 11 is 1.29. The van der Waals surface area contributed by atoms with E-state index in [9.17, 15) is 14.9 Å². The molecule has 4 nitrogen and oxygen atoms in total. The summed E-state index contributed by atoms with van der Waals surface area (Å²) < 4.78 is 0. The van der Waals surface area contributed by atoms with Crippen LogP contribution in [-0.2, 0) is 9.59 Å². The highest BCUT2D eigenvalue weighted by atomic mass is 32.2. The molecule has 0 aromatic carbocycles. The zero-order chi connectivity index (χ0) is 13.9. The average molecular weight is 280 g/mol. The molecule has 2 fully saturated rings. The van der Waals surface area contributed by atoms with Crippen LogP contribution >= 0.6 is 11.8 Å². The maximum atomic E-state index is 12.2. The van der Waals surface area contributed by atoms with Gasteiger partial charge >= 0.3 is 0 Å². The fraction of sp³-hybridized carbons (Fsp3) is 0.786. The first kappa shape index (κ1) is 14.4. The van der Waals surface area contributed by atoms with Gasteiger partial charge in [-0.05, 0) is 18.8 Å². The highest BCUT2D eigenvalue weighted by Gasteiger charge is 2.45. The topological polar surface area (TPSA) is 61.2 Å². The number of likely N-dealkylation sites (tertiary alicyclic amines) is 1. The Bertz CT molecular complexity index is 410. The van der Waals surface area contributed by atoms with E-state index in [4.69, 9.17) is 0 Å². The Labute approximate surface area is 118 Å². The van der Waals surface area contributed by atoms with E-state index in [-0.39, 0.29) is 16.9 Å². The number of carbonyl (C=O) groups is 2. The summed E-state index contributed by atoms with van der Waals surface area (Å²) in [5.74, 6) is 1.00. The van der Waals surface area contributed by atoms with Gasteiger partial charge < -0.3 is 4.90 Å². The molecule has 0 radical (unpaired) electrons. The minimum Gasteiger partial charge on any atom is -0.324 e. The predicted octanol–water partition coefficient (Wildman–Crippen LogP) is 2.34. The quantitative estimate of drug-likeness (QED) is 0.796. The van der Waals surface area contributed by atoms with Gasteiger partial charge in [-0.2, -0.15) is 5.26 Å². The molecule has 0 spiro atoms. The third-order valence-corrected chi connectivity index (χ3v) is 5.18. The molecule has 1 saturated heterocycles. The van der Waals surface area contributed by atoms with Crippen LogP contribution in [0.3, 0.4) is 0 Å². The van der Waals surface area contributed by atoms with E-state index < -0.39 is 5.54 Å². The predicted molar refractivity (Wildman–Crippen MR) is 74.4 cm³/mol. The van der Waals surface area contributed by atoms with Crippen LogP contribution in [0.15, 0.2) is 0 Å². The van der Waals surface area contributed by atoms with E-state index in [1.165, 1.54) is 11.8 Å². The van der Waals surface area contributed by atoms with E-state index in [0.717, 1.165) is 32.1 Å². The molecule has 2 aliphatic rings. The van der Waals surface area contributed by atoms with E-state index >= 15 is 0 Å². The Morgan fingerprint density at radius 1 is 1.47 bits per heavy atom. The van der Waals surface area contributed by atoms with Gasteiger partial charge in [-0.25, -0.2) is 0 Å². The summed E-state index contributed by atoms with van der Waals surface area (Å²) in [5, 5.41) is 9.62. The molecule has 1 unspecified atom stereocenters. The van der Waals surface area contributed by atoms with Crippen LogP contribution in [0.5, 0.6) is 0 Å². The fourth-order valence-corrected chi connectivity index (χ4v) is 3.81. The molecule has 2 rings (SSSR count). The van der Waals surface area contributed by atoms with Gasteiger partial charge in [-0.1, -0.05) is 31.0 Å². The van der Waals surface area contributed by atoms with Crippen molar-refractivity contribution in [3.63, 3.8) is 0 Å². The monoisotopic (exact) mass is 280 g/mol. The van der Waals surface area contributed by atoms with Gasteiger partial charge in [0.2, 0.25) is 5.91 Å². The van der Waals surface area contributed by atoms with Gasteiger partial charge in [0.1, 0.15) is 5.54 Å². The first-order valence-electron chi connectivity index (χ1n) is 6.92. The van der Waals surface area contributed by atoms with E-state index in [1.807, 2.05) is 0 Å². The SMILES string of the molecule is CC(=O)SCC1CC(=O)N(C2(C#N)CCCCC2)C1. The van der Waals surface area contributed by atoms with Crippen molar-refractivity contribution in [3.05, 3.63) is 0 Å². The van der Waals surface area contributed by atoms with Crippen LogP contribution in [0.4, 0.5) is 0 Å². The van der Waals surface area contributed by atoms with Crippen molar-refractivity contribution in [2.24, 2.45) is 5.92 Å². The van der Waals surface area contributed by atoms with Crippen LogP contribution in [-0.4, -0.2) is 33.8 Å². The Kier molecular flexibility index (Phi) is 4.51. The van der Waals surface area contributed by atoms with E-state index in [1.54, 1.807) is 11.8 Å². The van der Waals surface area contributed by atoms with Gasteiger partial charge in [-0.3, -0.25) is 9.59 Å². The molecular weight excluding hydrogens is 260 g/mol. The largest absolute Gasteiger partial charge is 0.324 e. The van der Waals surface area contributed by atoms with Crippen molar-refractivity contribution in [3.8, 4) is 6.07 Å². The molecule has 19 heavy (non-hydrogen) atoms. The van der Waals surface area contributed by atoms with E-state index in [0.29, 0.717) is 18.7 Å². The number of nitriles is 1. The Morgan fingerprint density at radius 2 is 2.16 bits per heavy atom. The third-order valence-electron chi connectivity index (χ3n) is 4.13. The lowest BCUT2D eigenvalue weighted by molar-refractivity contribution is -0.132. The van der Waals surface area contributed by atoms with Crippen LogP contribution in [0.25, 0.3) is 0 Å². The molecule has 0 aromatic heterocycles. The lowest BCUT2D eigenvalue weighted by Crippen LogP contribution is -2.49. The first-order chi connectivity index (χ1) is 9.07. The zero-order valence-corrected chi connectivity index (χ0v) is 12.2. The second-order valence-electron chi connectivity index (χ2n) is 5.58. The summed E-state index contributed by atoms with van der Waals surface area (Å²) in [4.78, 5) is 25.0. The fourth-order valence-electron chi connectivity index (χ4n) is 3.12. The number of carbonyl (C=O) groups excluding carboxylic acids is 2. The number of hydrogen-bond acceptors (Lipinski definition) is 4. The van der Waals surface area contributed by atoms with Crippen molar-refractivity contribution in [2.45, 2.75) is 51.0 Å². The molecule has 1 heterocycles. The van der Waals surface area contributed by atoms with Crippen LogP contribution in [0, 0.1) is 17.2 Å². The van der Waals surface area contributed by atoms with Crippen LogP contribution < -0.4 is 0 Å². The van der Waals surface area contributed by atoms with Gasteiger partial charge in [0.05, 0.1) is 6.07 Å². The minimum absolute atomic E-state index is 0.0950. The third kappa shape index (κ3) is 3.11. The lowest BCUT2D eigenvalue weighted by atomic mass is 9.81. The molecule has 1 aliphatic carbocycles. The van der Waals surface area contributed by atoms with Crippen molar-refractivity contribution < 1.29 is 9.59 Å². The molecule has 1 aliphatic heterocycles. The average Bonchev–Trinajstić information content (AvgIpc) is 2.79. The van der Waals surface area contributed by atoms with Crippen LogP contribution in [0.2, 0.25) is 0 Å². The summed E-state index contributed by atoms with van der Waals surface area (Å²) in [6.45, 7) is 2.20. The number of amides is 1. The first-order valence-corrected chi connectivity index (χ1v) is 7.91. The molecule has 5 heteroatoms. The van der Waals surface area contributed by atoms with Gasteiger partial charge in [0.15, 0.2) is 5.12 Å². The number of thioether (sulfide) groups is 1. The van der Waals surface area contributed by atoms with Crippen molar-refractivity contribution in [1.29, 1.82) is 5.26 Å². The smallest absolute Gasteiger partial charge is 0.224 e. The van der Waals surface area contributed by atoms with Crippen molar-refractivity contribution in [1.82, 2.24) is 4.90 Å². The second kappa shape index (κ2) is 5.96. The number of rotatable bonds is 3. The Balaban J connectivity index is 2.02. The molecule has 1 saturated carbocycles. The highest BCUT2D eigenvalue weighted by molar-refractivity contribution is 8.13. The number of hydrogen-bond donors (Lipinski definition) is 0. The molecule has 0 N–H and O–H groups in total. The molecular formula is C14H20N2O2S. The van der Waals surface area contributed by atoms with Crippen LogP contribution in [0.1, 0.15) is 45.4 Å². The lowest BCUT2D eigenvalue weighted by Gasteiger charge is -2.39. The van der Waals surface area contributed by atoms with Gasteiger partial charge in [-0.15, -0.1) is 0 Å². The van der Waals surface area contributed by atoms with Crippen molar-refractivity contribution in [2.75, 3.05) is 12.3 Å². The Morgan fingerprint density at radius 3 is 2.74 bits per heavy atom. The van der Waals surface area contributed by atoms with E-state index in [2.05, 4.69) is 6.07 Å². The summed E-state index contributed by atoms with van der Waals surface area (Å²) in [6, 6.07) is 2.41. The molecule has 104 valence electrons. The van der Waals surface area contributed by atoms with Crippen molar-refractivity contribution >= 4 is 22.8 Å². The summed E-state index contributed by atoms with van der Waals surface area (Å²) in [7, 11) is 0. The molecule has 0 bridgehead atoms.